The van der Waals surface area contributed by atoms with Gasteiger partial charge in [-0.3, -0.25) is 4.79 Å². The van der Waals surface area contributed by atoms with Crippen molar-refractivity contribution in [1.82, 2.24) is 4.90 Å². The lowest BCUT2D eigenvalue weighted by Gasteiger charge is -2.05. The van der Waals surface area contributed by atoms with E-state index in [0.717, 1.165) is 4.90 Å². The lowest BCUT2D eigenvalue weighted by atomic mass is 10.2. The second-order valence-corrected chi connectivity index (χ2v) is 2.33. The predicted molar refractivity (Wildman–Crippen MR) is 44.1 cm³/mol. The van der Waals surface area contributed by atoms with Crippen molar-refractivity contribution < 1.29 is 4.79 Å². The van der Waals surface area contributed by atoms with Gasteiger partial charge in [0, 0.05) is 12.6 Å². The van der Waals surface area contributed by atoms with Crippen LogP contribution in [0.25, 0.3) is 0 Å². The number of hydrogen-bond acceptors (Lipinski definition) is 2. The van der Waals surface area contributed by atoms with E-state index >= 15 is 0 Å². The monoisotopic (exact) mass is 160 g/mol. The lowest BCUT2D eigenvalue weighted by molar-refractivity contribution is 0.0858. The first-order valence-electron chi connectivity index (χ1n) is 3.48. The summed E-state index contributed by atoms with van der Waals surface area (Å²) in [7, 11) is 1.44. The van der Waals surface area contributed by atoms with Crippen LogP contribution in [0.1, 0.15) is 10.4 Å². The molecule has 0 fully saturated rings. The molecule has 0 radical (unpaired) electrons. The molecule has 3 nitrogen and oxygen atoms in total. The van der Waals surface area contributed by atoms with Crippen molar-refractivity contribution in [3.63, 3.8) is 0 Å². The Kier molecular flexibility index (Phi) is 2.44. The van der Waals surface area contributed by atoms with E-state index in [2.05, 4.69) is 0 Å². The molecule has 1 aromatic carbocycles. The zero-order valence-corrected chi connectivity index (χ0v) is 6.69. The molecule has 12 heavy (non-hydrogen) atoms. The molecule has 0 aliphatic carbocycles. The van der Waals surface area contributed by atoms with Crippen LogP contribution in [0.3, 0.4) is 0 Å². The molecule has 0 unspecified atom stereocenters. The van der Waals surface area contributed by atoms with E-state index in [4.69, 9.17) is 5.26 Å². The Hall–Kier alpha value is -1.82. The van der Waals surface area contributed by atoms with E-state index in [1.54, 1.807) is 30.5 Å². The zero-order valence-electron chi connectivity index (χ0n) is 6.69. The van der Waals surface area contributed by atoms with Crippen molar-refractivity contribution in [2.24, 2.45) is 0 Å². The molecule has 60 valence electrons. The quantitative estimate of drug-likeness (QED) is 0.458. The van der Waals surface area contributed by atoms with E-state index in [1.165, 1.54) is 7.05 Å². The molecule has 0 aliphatic heterocycles. The molecular formula is C9H8N2O. The minimum absolute atomic E-state index is 0.280. The number of hydrogen-bond donors (Lipinski definition) is 0. The smallest absolute Gasteiger partial charge is 0.266 e. The van der Waals surface area contributed by atoms with Crippen LogP contribution in [0.5, 0.6) is 0 Å². The number of carbonyl (C=O) groups is 1. The van der Waals surface area contributed by atoms with Gasteiger partial charge >= 0.3 is 0 Å². The third-order valence-corrected chi connectivity index (χ3v) is 1.48. The number of nitriles is 1. The second kappa shape index (κ2) is 3.54. The van der Waals surface area contributed by atoms with Gasteiger partial charge < -0.3 is 0 Å². The van der Waals surface area contributed by atoms with Crippen molar-refractivity contribution in [1.29, 1.82) is 5.26 Å². The fourth-order valence-electron chi connectivity index (χ4n) is 0.820. The fourth-order valence-corrected chi connectivity index (χ4v) is 0.820. The summed E-state index contributed by atoms with van der Waals surface area (Å²) in [4.78, 5) is 12.3. The average molecular weight is 160 g/mol. The van der Waals surface area contributed by atoms with Crippen molar-refractivity contribution >= 4 is 5.91 Å². The molecule has 0 atom stereocenters. The van der Waals surface area contributed by atoms with Gasteiger partial charge in [-0.15, -0.1) is 0 Å². The van der Waals surface area contributed by atoms with Gasteiger partial charge in [0.2, 0.25) is 0 Å². The highest BCUT2D eigenvalue weighted by atomic mass is 16.2. The second-order valence-electron chi connectivity index (χ2n) is 2.33. The Balaban J connectivity index is 2.88. The molecule has 1 aromatic rings. The van der Waals surface area contributed by atoms with E-state index in [0.29, 0.717) is 5.56 Å². The number of benzene rings is 1. The molecule has 0 saturated carbocycles. The maximum Gasteiger partial charge on any atom is 0.266 e. The van der Waals surface area contributed by atoms with E-state index < -0.39 is 0 Å². The Morgan fingerprint density at radius 1 is 1.42 bits per heavy atom. The molecule has 0 bridgehead atoms. The first kappa shape index (κ1) is 8.28. The zero-order chi connectivity index (χ0) is 8.97. The van der Waals surface area contributed by atoms with Crippen molar-refractivity contribution in [3.8, 4) is 6.19 Å². The van der Waals surface area contributed by atoms with Gasteiger partial charge in [0.15, 0.2) is 6.19 Å². The van der Waals surface area contributed by atoms with Crippen LogP contribution in [-0.2, 0) is 0 Å². The summed E-state index contributed by atoms with van der Waals surface area (Å²) in [5.41, 5.74) is 0.529. The van der Waals surface area contributed by atoms with Crippen LogP contribution in [0.15, 0.2) is 30.3 Å². The summed E-state index contributed by atoms with van der Waals surface area (Å²) < 4.78 is 0. The molecule has 0 heterocycles. The number of carbonyl (C=O) groups excluding carboxylic acids is 1. The van der Waals surface area contributed by atoms with Crippen molar-refractivity contribution in [2.75, 3.05) is 7.05 Å². The van der Waals surface area contributed by atoms with Crippen LogP contribution < -0.4 is 0 Å². The third kappa shape index (κ3) is 1.61. The van der Waals surface area contributed by atoms with Crippen LogP contribution in [0.2, 0.25) is 0 Å². The maximum atomic E-state index is 11.3. The summed E-state index contributed by atoms with van der Waals surface area (Å²) in [6.45, 7) is 0. The van der Waals surface area contributed by atoms with Gasteiger partial charge in [-0.25, -0.2) is 4.90 Å². The predicted octanol–water partition coefficient (Wildman–Crippen LogP) is 1.24. The largest absolute Gasteiger partial charge is 0.268 e. The standard InChI is InChI=1S/C9H8N2O/c1-11(7-10)9(12)8-5-3-2-4-6-8/h2-6H,1H3. The van der Waals surface area contributed by atoms with E-state index in [1.807, 2.05) is 6.07 Å². The van der Waals surface area contributed by atoms with Crippen LogP contribution in [0.4, 0.5) is 0 Å². The highest BCUT2D eigenvalue weighted by Crippen LogP contribution is 2.01. The highest BCUT2D eigenvalue weighted by Gasteiger charge is 2.08. The molecule has 0 N–H and O–H groups in total. The molecule has 0 spiro atoms. The minimum Gasteiger partial charge on any atom is -0.268 e. The van der Waals surface area contributed by atoms with Gasteiger partial charge in [-0.05, 0) is 12.1 Å². The van der Waals surface area contributed by atoms with Crippen LogP contribution >= 0.6 is 0 Å². The minimum atomic E-state index is -0.280. The Labute approximate surface area is 70.8 Å². The van der Waals surface area contributed by atoms with Crippen molar-refractivity contribution in [2.45, 2.75) is 0 Å². The summed E-state index contributed by atoms with van der Waals surface area (Å²) in [6, 6.07) is 8.70. The van der Waals surface area contributed by atoms with Crippen molar-refractivity contribution in [3.05, 3.63) is 35.9 Å². The Morgan fingerprint density at radius 2 is 2.00 bits per heavy atom. The molecule has 0 saturated heterocycles. The third-order valence-electron chi connectivity index (χ3n) is 1.48. The fraction of sp³-hybridized carbons (Fsp3) is 0.111. The average Bonchev–Trinajstić information content (AvgIpc) is 2.17. The Bertz CT molecular complexity index is 313. The Morgan fingerprint density at radius 3 is 2.50 bits per heavy atom. The summed E-state index contributed by atoms with van der Waals surface area (Å²) >= 11 is 0. The summed E-state index contributed by atoms with van der Waals surface area (Å²) in [5, 5.41) is 8.42. The van der Waals surface area contributed by atoms with Gasteiger partial charge in [0.1, 0.15) is 0 Å². The van der Waals surface area contributed by atoms with Gasteiger partial charge in [-0.2, -0.15) is 5.26 Å². The normalized spacial score (nSPS) is 8.67. The lowest BCUT2D eigenvalue weighted by Crippen LogP contribution is -2.20. The summed E-state index contributed by atoms with van der Waals surface area (Å²) in [5.74, 6) is -0.280. The van der Waals surface area contributed by atoms with Crippen LogP contribution in [0, 0.1) is 11.5 Å². The first-order chi connectivity index (χ1) is 5.75. The number of amides is 1. The highest BCUT2D eigenvalue weighted by molar-refractivity contribution is 5.94. The maximum absolute atomic E-state index is 11.3. The molecule has 3 heteroatoms. The molecule has 0 aromatic heterocycles. The van der Waals surface area contributed by atoms with E-state index in [9.17, 15) is 4.79 Å². The number of rotatable bonds is 1. The molecular weight excluding hydrogens is 152 g/mol. The summed E-state index contributed by atoms with van der Waals surface area (Å²) in [6.07, 6.45) is 1.75. The van der Waals surface area contributed by atoms with Gasteiger partial charge in [0.05, 0.1) is 0 Å². The van der Waals surface area contributed by atoms with Crippen LogP contribution in [-0.4, -0.2) is 17.9 Å². The number of nitrogens with zero attached hydrogens (tertiary/aromatic N) is 2. The van der Waals surface area contributed by atoms with Gasteiger partial charge in [0.25, 0.3) is 5.91 Å². The van der Waals surface area contributed by atoms with Gasteiger partial charge in [-0.1, -0.05) is 18.2 Å². The van der Waals surface area contributed by atoms with E-state index in [-0.39, 0.29) is 5.91 Å². The first-order valence-corrected chi connectivity index (χ1v) is 3.48. The molecule has 0 aliphatic rings. The SMILES string of the molecule is CN(C#N)C(=O)c1ccccc1. The molecule has 1 rings (SSSR count). The topological polar surface area (TPSA) is 44.1 Å². The molecule has 1 amide bonds.